The van der Waals surface area contributed by atoms with Gasteiger partial charge in [-0.15, -0.1) is 0 Å². The van der Waals surface area contributed by atoms with E-state index in [2.05, 4.69) is 49.0 Å². The Hall–Kier alpha value is -1.81. The van der Waals surface area contributed by atoms with Crippen LogP contribution in [0.4, 0.5) is 0 Å². The summed E-state index contributed by atoms with van der Waals surface area (Å²) in [7, 11) is 4.71. The fourth-order valence-corrected chi connectivity index (χ4v) is 3.28. The summed E-state index contributed by atoms with van der Waals surface area (Å²) < 4.78 is 17.3. The second-order valence-electron chi connectivity index (χ2n) is 4.78. The van der Waals surface area contributed by atoms with Crippen molar-refractivity contribution < 1.29 is 19.0 Å². The van der Waals surface area contributed by atoms with E-state index in [-0.39, 0.29) is 5.91 Å². The third-order valence-corrected chi connectivity index (χ3v) is 4.75. The van der Waals surface area contributed by atoms with Crippen molar-refractivity contribution in [3.05, 3.63) is 49.5 Å². The lowest BCUT2D eigenvalue weighted by Crippen LogP contribution is -2.17. The Morgan fingerprint density at radius 2 is 1.76 bits per heavy atom. The molecular weight excluding hydrogens is 503 g/mol. The van der Waals surface area contributed by atoms with Crippen LogP contribution in [0.1, 0.15) is 15.9 Å². The number of hydrogen-bond acceptors (Lipinski definition) is 5. The van der Waals surface area contributed by atoms with Gasteiger partial charge in [0.2, 0.25) is 0 Å². The Bertz CT molecular complexity index is 811. The van der Waals surface area contributed by atoms with Gasteiger partial charge in [0.05, 0.1) is 35.6 Å². The maximum absolute atomic E-state index is 12.2. The molecule has 0 unspecified atom stereocenters. The van der Waals surface area contributed by atoms with E-state index in [4.69, 9.17) is 14.2 Å². The topological polar surface area (TPSA) is 69.2 Å². The van der Waals surface area contributed by atoms with Gasteiger partial charge in [-0.1, -0.05) is 0 Å². The first-order valence-electron chi connectivity index (χ1n) is 7.08. The number of nitrogens with zero attached hydrogens (tertiary/aromatic N) is 1. The molecule has 0 heterocycles. The van der Waals surface area contributed by atoms with E-state index in [1.165, 1.54) is 6.21 Å². The number of amides is 1. The first-order chi connectivity index (χ1) is 12.0. The van der Waals surface area contributed by atoms with Crippen molar-refractivity contribution in [1.29, 1.82) is 0 Å². The number of benzene rings is 2. The van der Waals surface area contributed by atoms with E-state index >= 15 is 0 Å². The molecule has 0 saturated carbocycles. The van der Waals surface area contributed by atoms with Crippen LogP contribution < -0.4 is 19.6 Å². The number of ether oxygens (including phenoxy) is 3. The van der Waals surface area contributed by atoms with Gasteiger partial charge in [0, 0.05) is 17.2 Å². The van der Waals surface area contributed by atoms with Gasteiger partial charge in [-0.05, 0) is 62.8 Å². The highest BCUT2D eigenvalue weighted by molar-refractivity contribution is 14.1. The van der Waals surface area contributed by atoms with Gasteiger partial charge in [-0.2, -0.15) is 5.10 Å². The molecular formula is C17H16BrIN2O4. The van der Waals surface area contributed by atoms with Crippen molar-refractivity contribution in [2.75, 3.05) is 21.3 Å². The molecule has 6 nitrogen and oxygen atoms in total. The van der Waals surface area contributed by atoms with E-state index in [1.54, 1.807) is 51.7 Å². The molecule has 8 heteroatoms. The van der Waals surface area contributed by atoms with Gasteiger partial charge in [-0.25, -0.2) is 5.43 Å². The second kappa shape index (κ2) is 9.04. The smallest absolute Gasteiger partial charge is 0.271 e. The minimum Gasteiger partial charge on any atom is -0.496 e. The number of rotatable bonds is 6. The third kappa shape index (κ3) is 4.85. The Morgan fingerprint density at radius 3 is 2.36 bits per heavy atom. The van der Waals surface area contributed by atoms with Crippen LogP contribution in [0.3, 0.4) is 0 Å². The van der Waals surface area contributed by atoms with Crippen LogP contribution in [0.25, 0.3) is 0 Å². The highest BCUT2D eigenvalue weighted by atomic mass is 127. The maximum atomic E-state index is 12.2. The molecule has 0 radical (unpaired) electrons. The number of hydrogen-bond donors (Lipinski definition) is 1. The first kappa shape index (κ1) is 19.5. The molecule has 0 saturated heterocycles. The van der Waals surface area contributed by atoms with Crippen LogP contribution in [-0.4, -0.2) is 33.5 Å². The van der Waals surface area contributed by atoms with Crippen molar-refractivity contribution in [3.63, 3.8) is 0 Å². The standard InChI is InChI=1S/C17H16BrIN2O4/c1-23-14-5-4-10(7-13(14)19)17(22)21-20-9-11-6-12(18)16(25-3)8-15(11)24-2/h4-9H,1-3H3,(H,21,22). The summed E-state index contributed by atoms with van der Waals surface area (Å²) in [4.78, 5) is 12.2. The lowest BCUT2D eigenvalue weighted by molar-refractivity contribution is 0.0955. The summed E-state index contributed by atoms with van der Waals surface area (Å²) in [5.74, 6) is 1.62. The third-order valence-electron chi connectivity index (χ3n) is 3.29. The summed E-state index contributed by atoms with van der Waals surface area (Å²) in [6, 6.07) is 8.68. The van der Waals surface area contributed by atoms with Crippen molar-refractivity contribution in [2.45, 2.75) is 0 Å². The van der Waals surface area contributed by atoms with E-state index in [0.29, 0.717) is 28.4 Å². The molecule has 0 aliphatic heterocycles. The van der Waals surface area contributed by atoms with Gasteiger partial charge < -0.3 is 14.2 Å². The molecule has 0 atom stereocenters. The average molecular weight is 519 g/mol. The van der Waals surface area contributed by atoms with Crippen molar-refractivity contribution in [1.82, 2.24) is 5.43 Å². The van der Waals surface area contributed by atoms with Crippen molar-refractivity contribution >= 4 is 50.6 Å². The van der Waals surface area contributed by atoms with Crippen LogP contribution in [0.15, 0.2) is 39.9 Å². The number of methoxy groups -OCH3 is 3. The van der Waals surface area contributed by atoms with Crippen LogP contribution in [0.2, 0.25) is 0 Å². The maximum Gasteiger partial charge on any atom is 0.271 e. The quantitative estimate of drug-likeness (QED) is 0.358. The lowest BCUT2D eigenvalue weighted by Gasteiger charge is -2.09. The van der Waals surface area contributed by atoms with Crippen LogP contribution >= 0.6 is 38.5 Å². The second-order valence-corrected chi connectivity index (χ2v) is 6.79. The van der Waals surface area contributed by atoms with E-state index in [0.717, 1.165) is 8.04 Å². The summed E-state index contributed by atoms with van der Waals surface area (Å²) in [6.45, 7) is 0. The monoisotopic (exact) mass is 518 g/mol. The van der Waals surface area contributed by atoms with E-state index < -0.39 is 0 Å². The highest BCUT2D eigenvalue weighted by Crippen LogP contribution is 2.31. The van der Waals surface area contributed by atoms with Gasteiger partial charge in [-0.3, -0.25) is 4.79 Å². The summed E-state index contributed by atoms with van der Waals surface area (Å²) in [5.41, 5.74) is 3.68. The molecule has 0 fully saturated rings. The SMILES string of the molecule is COc1cc(OC)c(C=NNC(=O)c2ccc(OC)c(I)c2)cc1Br. The van der Waals surface area contributed by atoms with Gasteiger partial charge >= 0.3 is 0 Å². The molecule has 1 amide bonds. The van der Waals surface area contributed by atoms with Crippen LogP contribution in [0.5, 0.6) is 17.2 Å². The first-order valence-corrected chi connectivity index (χ1v) is 8.95. The summed E-state index contributed by atoms with van der Waals surface area (Å²) in [5, 5.41) is 4.00. The molecule has 2 aromatic carbocycles. The molecule has 0 spiro atoms. The minimum absolute atomic E-state index is 0.316. The molecule has 0 bridgehead atoms. The minimum atomic E-state index is -0.316. The van der Waals surface area contributed by atoms with Crippen molar-refractivity contribution in [2.24, 2.45) is 5.10 Å². The molecule has 0 aromatic heterocycles. The fourth-order valence-electron chi connectivity index (χ4n) is 2.02. The lowest BCUT2D eigenvalue weighted by atomic mass is 10.2. The number of nitrogens with one attached hydrogen (secondary N) is 1. The Labute approximate surface area is 167 Å². The number of carbonyl (C=O) groups is 1. The predicted octanol–water partition coefficient (Wildman–Crippen LogP) is 3.84. The number of hydrazone groups is 1. The Kier molecular flexibility index (Phi) is 7.06. The zero-order valence-corrected chi connectivity index (χ0v) is 17.5. The number of carbonyl (C=O) groups excluding carboxylic acids is 1. The molecule has 2 rings (SSSR count). The Morgan fingerprint density at radius 1 is 1.08 bits per heavy atom. The normalized spacial score (nSPS) is 10.6. The predicted molar refractivity (Wildman–Crippen MR) is 108 cm³/mol. The zero-order valence-electron chi connectivity index (χ0n) is 13.8. The average Bonchev–Trinajstić information content (AvgIpc) is 2.61. The molecule has 0 aliphatic rings. The molecule has 2 aromatic rings. The van der Waals surface area contributed by atoms with Crippen molar-refractivity contribution in [3.8, 4) is 17.2 Å². The van der Waals surface area contributed by atoms with Gasteiger partial charge in [0.25, 0.3) is 5.91 Å². The largest absolute Gasteiger partial charge is 0.496 e. The molecule has 1 N–H and O–H groups in total. The number of halogens is 2. The summed E-state index contributed by atoms with van der Waals surface area (Å²) >= 11 is 5.52. The Balaban J connectivity index is 2.14. The van der Waals surface area contributed by atoms with E-state index in [1.807, 2.05) is 0 Å². The van der Waals surface area contributed by atoms with Gasteiger partial charge in [0.1, 0.15) is 17.2 Å². The molecule has 0 aliphatic carbocycles. The zero-order chi connectivity index (χ0) is 18.4. The molecule has 132 valence electrons. The van der Waals surface area contributed by atoms with Gasteiger partial charge in [0.15, 0.2) is 0 Å². The highest BCUT2D eigenvalue weighted by Gasteiger charge is 2.10. The molecule has 25 heavy (non-hydrogen) atoms. The fraction of sp³-hybridized carbons (Fsp3) is 0.176. The van der Waals surface area contributed by atoms with Crippen LogP contribution in [-0.2, 0) is 0 Å². The van der Waals surface area contributed by atoms with Crippen LogP contribution in [0, 0.1) is 3.57 Å². The van der Waals surface area contributed by atoms with E-state index in [9.17, 15) is 4.79 Å². The summed E-state index contributed by atoms with van der Waals surface area (Å²) in [6.07, 6.45) is 1.51.